The summed E-state index contributed by atoms with van der Waals surface area (Å²) in [4.78, 5) is 4.41. The van der Waals surface area contributed by atoms with E-state index >= 15 is 0 Å². The minimum atomic E-state index is 0.721. The van der Waals surface area contributed by atoms with E-state index in [1.54, 1.807) is 0 Å². The van der Waals surface area contributed by atoms with Gasteiger partial charge in [-0.1, -0.05) is 37.1 Å². The highest BCUT2D eigenvalue weighted by molar-refractivity contribution is 5.59. The van der Waals surface area contributed by atoms with Crippen molar-refractivity contribution in [2.24, 2.45) is 0 Å². The van der Waals surface area contributed by atoms with E-state index in [4.69, 9.17) is 0 Å². The molecule has 1 fully saturated rings. The average molecular weight is 252 g/mol. The summed E-state index contributed by atoms with van der Waals surface area (Å²) in [6.45, 7) is 0.964. The van der Waals surface area contributed by atoms with E-state index < -0.39 is 0 Å². The lowest BCUT2D eigenvalue weighted by atomic mass is 10.1. The van der Waals surface area contributed by atoms with Crippen LogP contribution in [-0.2, 0) is 6.54 Å². The molecule has 0 unspecified atom stereocenters. The second-order valence-corrected chi connectivity index (χ2v) is 5.28. The van der Waals surface area contributed by atoms with E-state index in [1.807, 2.05) is 18.3 Å². The molecule has 98 valence electrons. The third-order valence-corrected chi connectivity index (χ3v) is 3.84. The van der Waals surface area contributed by atoms with Crippen LogP contribution in [0.25, 0.3) is 11.3 Å². The second kappa shape index (κ2) is 5.98. The van der Waals surface area contributed by atoms with Crippen molar-refractivity contribution in [2.45, 2.75) is 38.3 Å². The summed E-state index contributed by atoms with van der Waals surface area (Å²) in [6, 6.07) is 15.4. The maximum absolute atomic E-state index is 4.41. The van der Waals surface area contributed by atoms with Crippen molar-refractivity contribution in [3.8, 4) is 11.3 Å². The molecule has 2 nitrogen and oxygen atoms in total. The number of pyridine rings is 1. The van der Waals surface area contributed by atoms with Crippen LogP contribution < -0.4 is 5.32 Å². The van der Waals surface area contributed by atoms with Crippen molar-refractivity contribution in [3.05, 3.63) is 54.2 Å². The van der Waals surface area contributed by atoms with Crippen molar-refractivity contribution in [1.29, 1.82) is 0 Å². The van der Waals surface area contributed by atoms with Crippen LogP contribution in [0.3, 0.4) is 0 Å². The maximum Gasteiger partial charge on any atom is 0.0702 e. The number of hydrogen-bond donors (Lipinski definition) is 1. The fourth-order valence-corrected chi connectivity index (χ4v) is 2.77. The molecule has 1 aliphatic rings. The van der Waals surface area contributed by atoms with Crippen LogP contribution >= 0.6 is 0 Å². The molecule has 0 amide bonds. The first-order valence-electron chi connectivity index (χ1n) is 7.15. The molecule has 1 N–H and O–H groups in total. The Balaban J connectivity index is 1.69. The lowest BCUT2D eigenvalue weighted by molar-refractivity contribution is 0.524. The molecule has 0 atom stereocenters. The van der Waals surface area contributed by atoms with Crippen molar-refractivity contribution < 1.29 is 0 Å². The van der Waals surface area contributed by atoms with Gasteiger partial charge in [-0.25, -0.2) is 0 Å². The van der Waals surface area contributed by atoms with Crippen LogP contribution in [0.2, 0.25) is 0 Å². The standard InChI is InChI=1S/C17H20N2/c1-2-9-16(8-1)19-13-14-6-5-7-15(12-14)17-10-3-4-11-18-17/h3-7,10-12,16,19H,1-2,8-9,13H2. The zero-order valence-electron chi connectivity index (χ0n) is 11.2. The largest absolute Gasteiger partial charge is 0.310 e. The lowest BCUT2D eigenvalue weighted by Crippen LogP contribution is -2.25. The van der Waals surface area contributed by atoms with Gasteiger partial charge in [0.05, 0.1) is 5.69 Å². The third kappa shape index (κ3) is 3.21. The van der Waals surface area contributed by atoms with Gasteiger partial charge in [0, 0.05) is 24.3 Å². The molecule has 0 radical (unpaired) electrons. The van der Waals surface area contributed by atoms with Crippen LogP contribution in [-0.4, -0.2) is 11.0 Å². The van der Waals surface area contributed by atoms with Gasteiger partial charge in [-0.05, 0) is 36.6 Å². The molecule has 0 saturated heterocycles. The molecular weight excluding hydrogens is 232 g/mol. The van der Waals surface area contributed by atoms with Gasteiger partial charge in [0.25, 0.3) is 0 Å². The quantitative estimate of drug-likeness (QED) is 0.895. The fraction of sp³-hybridized carbons (Fsp3) is 0.353. The Labute approximate surface area is 114 Å². The van der Waals surface area contributed by atoms with Crippen LogP contribution in [0.5, 0.6) is 0 Å². The summed E-state index contributed by atoms with van der Waals surface area (Å²) in [5.74, 6) is 0. The highest BCUT2D eigenvalue weighted by Gasteiger charge is 2.13. The minimum absolute atomic E-state index is 0.721. The van der Waals surface area contributed by atoms with Gasteiger partial charge in [-0.15, -0.1) is 0 Å². The minimum Gasteiger partial charge on any atom is -0.310 e. The summed E-state index contributed by atoms with van der Waals surface area (Å²) in [7, 11) is 0. The molecule has 1 aliphatic carbocycles. The van der Waals surface area contributed by atoms with Crippen molar-refractivity contribution >= 4 is 0 Å². The zero-order chi connectivity index (χ0) is 12.9. The Morgan fingerprint density at radius 3 is 2.74 bits per heavy atom. The highest BCUT2D eigenvalue weighted by Crippen LogP contribution is 2.20. The van der Waals surface area contributed by atoms with Crippen molar-refractivity contribution in [1.82, 2.24) is 10.3 Å². The van der Waals surface area contributed by atoms with Crippen LogP contribution in [0.4, 0.5) is 0 Å². The molecule has 0 aliphatic heterocycles. The topological polar surface area (TPSA) is 24.9 Å². The molecule has 19 heavy (non-hydrogen) atoms. The number of aromatic nitrogens is 1. The summed E-state index contributed by atoms with van der Waals surface area (Å²) >= 11 is 0. The van der Waals surface area contributed by atoms with E-state index in [2.05, 4.69) is 40.6 Å². The number of hydrogen-bond acceptors (Lipinski definition) is 2. The molecule has 1 heterocycles. The lowest BCUT2D eigenvalue weighted by Gasteiger charge is -2.12. The van der Waals surface area contributed by atoms with Gasteiger partial charge in [0.15, 0.2) is 0 Å². The smallest absolute Gasteiger partial charge is 0.0702 e. The molecular formula is C17H20N2. The predicted molar refractivity (Wildman–Crippen MR) is 78.8 cm³/mol. The Bertz CT molecular complexity index is 516. The van der Waals surface area contributed by atoms with Gasteiger partial charge < -0.3 is 5.32 Å². The molecule has 3 rings (SSSR count). The first-order chi connectivity index (χ1) is 9.42. The third-order valence-electron chi connectivity index (χ3n) is 3.84. The normalized spacial score (nSPS) is 15.8. The summed E-state index contributed by atoms with van der Waals surface area (Å²) in [6.07, 6.45) is 7.27. The van der Waals surface area contributed by atoms with E-state index in [-0.39, 0.29) is 0 Å². The molecule has 0 bridgehead atoms. The predicted octanol–water partition coefficient (Wildman–Crippen LogP) is 3.78. The van der Waals surface area contributed by atoms with Gasteiger partial charge in [-0.3, -0.25) is 4.98 Å². The first-order valence-corrected chi connectivity index (χ1v) is 7.15. The van der Waals surface area contributed by atoms with Crippen LogP contribution in [0, 0.1) is 0 Å². The Morgan fingerprint density at radius 1 is 1.05 bits per heavy atom. The van der Waals surface area contributed by atoms with E-state index in [9.17, 15) is 0 Å². The SMILES string of the molecule is c1ccc(-c2cccc(CNC3CCCC3)c2)nc1. The maximum atomic E-state index is 4.41. The summed E-state index contributed by atoms with van der Waals surface area (Å²) in [5, 5.41) is 3.66. The summed E-state index contributed by atoms with van der Waals surface area (Å²) < 4.78 is 0. The van der Waals surface area contributed by atoms with E-state index in [0.717, 1.165) is 18.3 Å². The molecule has 1 aromatic heterocycles. The van der Waals surface area contributed by atoms with Gasteiger partial charge in [0.2, 0.25) is 0 Å². The first kappa shape index (κ1) is 12.4. The van der Waals surface area contributed by atoms with E-state index in [1.165, 1.54) is 36.8 Å². The number of benzene rings is 1. The van der Waals surface area contributed by atoms with Gasteiger partial charge in [-0.2, -0.15) is 0 Å². The summed E-state index contributed by atoms with van der Waals surface area (Å²) in [5.41, 5.74) is 3.59. The molecule has 1 aromatic carbocycles. The molecule has 2 aromatic rings. The number of rotatable bonds is 4. The molecule has 0 spiro atoms. The number of nitrogens with one attached hydrogen (secondary N) is 1. The van der Waals surface area contributed by atoms with Crippen LogP contribution in [0.1, 0.15) is 31.2 Å². The van der Waals surface area contributed by atoms with Gasteiger partial charge in [0.1, 0.15) is 0 Å². The molecule has 2 heteroatoms. The second-order valence-electron chi connectivity index (χ2n) is 5.28. The van der Waals surface area contributed by atoms with Crippen LogP contribution in [0.15, 0.2) is 48.7 Å². The molecule has 1 saturated carbocycles. The highest BCUT2D eigenvalue weighted by atomic mass is 14.9. The number of nitrogens with zero attached hydrogens (tertiary/aromatic N) is 1. The van der Waals surface area contributed by atoms with Gasteiger partial charge >= 0.3 is 0 Å². The van der Waals surface area contributed by atoms with Crippen molar-refractivity contribution in [3.63, 3.8) is 0 Å². The Hall–Kier alpha value is -1.67. The Morgan fingerprint density at radius 2 is 1.95 bits per heavy atom. The van der Waals surface area contributed by atoms with Crippen molar-refractivity contribution in [2.75, 3.05) is 0 Å². The zero-order valence-corrected chi connectivity index (χ0v) is 11.2. The van der Waals surface area contributed by atoms with E-state index in [0.29, 0.717) is 0 Å². The average Bonchev–Trinajstić information content (AvgIpc) is 3.00. The fourth-order valence-electron chi connectivity index (χ4n) is 2.77. The Kier molecular flexibility index (Phi) is 3.89. The monoisotopic (exact) mass is 252 g/mol.